The third kappa shape index (κ3) is 23.0. The molecule has 0 saturated carbocycles. The Morgan fingerprint density at radius 1 is 0.538 bits per heavy atom. The molecule has 12 aromatic rings. The van der Waals surface area contributed by atoms with Crippen LogP contribution in [0.3, 0.4) is 0 Å². The number of aromatic nitrogens is 9. The van der Waals surface area contributed by atoms with Crippen molar-refractivity contribution in [2.45, 2.75) is 120 Å². The van der Waals surface area contributed by atoms with E-state index in [-0.39, 0.29) is 73.3 Å². The van der Waals surface area contributed by atoms with Crippen molar-refractivity contribution in [3.05, 3.63) is 244 Å². The number of nitrogen functional groups attached to an aromatic ring is 3. The number of carbonyl (C=O) groups excluding carboxylic acids is 4. The number of rotatable bonds is 16. The van der Waals surface area contributed by atoms with Gasteiger partial charge in [-0.1, -0.05) is 136 Å². The molecule has 3 saturated heterocycles. The van der Waals surface area contributed by atoms with E-state index in [1.807, 2.05) is 178 Å². The second kappa shape index (κ2) is 43.2. The van der Waals surface area contributed by atoms with Gasteiger partial charge in [-0.2, -0.15) is 10.2 Å². The molecule has 16 N–H and O–H groups in total. The zero-order valence-electron chi connectivity index (χ0n) is 65.4. The van der Waals surface area contributed by atoms with Crippen molar-refractivity contribution in [2.24, 2.45) is 0 Å². The fourth-order valence-corrected chi connectivity index (χ4v) is 14.0. The predicted molar refractivity (Wildman–Crippen MR) is 448 cm³/mol. The van der Waals surface area contributed by atoms with Gasteiger partial charge < -0.3 is 96.4 Å². The first kappa shape index (κ1) is 88.3. The van der Waals surface area contributed by atoms with E-state index >= 15 is 0 Å². The number of fused-ring (bicyclic) bond motifs is 3. The van der Waals surface area contributed by atoms with Crippen LogP contribution in [0, 0.1) is 46.9 Å². The van der Waals surface area contributed by atoms with Crippen LogP contribution in [0.5, 0.6) is 11.5 Å². The van der Waals surface area contributed by atoms with E-state index in [0.29, 0.717) is 66.7 Å². The first-order valence-corrected chi connectivity index (χ1v) is 42.5. The Hall–Kier alpha value is -13.0. The van der Waals surface area contributed by atoms with Crippen LogP contribution in [-0.2, 0) is 41.7 Å². The second-order valence-corrected chi connectivity index (χ2v) is 29.0. The van der Waals surface area contributed by atoms with E-state index < -0.39 is 102 Å². The Morgan fingerprint density at radius 3 is 1.41 bits per heavy atom. The van der Waals surface area contributed by atoms with Gasteiger partial charge in [-0.05, 0) is 64.7 Å². The number of aliphatic hydroxyl groups is 6. The number of anilines is 4. The van der Waals surface area contributed by atoms with Gasteiger partial charge in [0.1, 0.15) is 84.1 Å². The number of nitrogens with one attached hydrogen (secondary N) is 4. The van der Waals surface area contributed by atoms with Crippen LogP contribution >= 0.6 is 0 Å². The van der Waals surface area contributed by atoms with Crippen LogP contribution in [0.2, 0.25) is 4.58 Å². The third-order valence-electron chi connectivity index (χ3n) is 18.3. The van der Waals surface area contributed by atoms with Crippen molar-refractivity contribution in [3.63, 3.8) is 0 Å². The molecule has 32 heteroatoms. The van der Waals surface area contributed by atoms with Gasteiger partial charge in [0, 0.05) is 74.4 Å². The number of ether oxygens (including phenoxy) is 4. The van der Waals surface area contributed by atoms with Gasteiger partial charge >= 0.3 is 78.2 Å². The van der Waals surface area contributed by atoms with E-state index in [1.54, 1.807) is 39.7 Å². The molecule has 3 aliphatic heterocycles. The van der Waals surface area contributed by atoms with Crippen molar-refractivity contribution in [2.75, 3.05) is 42.3 Å². The summed E-state index contributed by atoms with van der Waals surface area (Å²) < 4.78 is 30.2. The molecule has 0 radical (unpaired) electrons. The molecule has 9 atom stereocenters. The first-order valence-electron chi connectivity index (χ1n) is 37.8. The summed E-state index contributed by atoms with van der Waals surface area (Å²) in [5, 5.41) is 76.6. The number of amides is 3. The number of nitrogens with zero attached hydrogens (tertiary/aromatic N) is 9. The van der Waals surface area contributed by atoms with Crippen molar-refractivity contribution < 1.29 is 68.8 Å². The number of benzene rings is 6. The number of hydrogen-bond acceptors (Lipinski definition) is 24. The average molecular weight is 1810 g/mol. The minimum absolute atomic E-state index is 0.108. The maximum atomic E-state index is 12.5. The number of carbonyl (C=O) groups is 4. The standard InChI is InChI=1S/C27H25N5O5.C27H25N5O4.C21H18N6O5.C7H5O.2C2H6.CH3.Po/c28-26-25-18(14-32(27(25)31-16-30-26)24-12-21(34)22(15-33)37-24)8-11-23(35)29-13-17-6-9-20(10-7-17)36-19-4-2-1-3-5-19;28-26-25-20(14-32(27(25)31-16-30-26)24-12-21(34)22(15-33)36-24)10-11-23(35)29-13-17-6-8-19(9-7-17)18-4-2-1-3-5-18;22-8-11-2-1-3-13(6-11)24-16(30)5-4-12-9-27(17-7-14(29)15(10-28)32-17)19-18(12)20(31)26-21(23)25-19;8-6-7-4-2-1-3-5-7;2*1-2;;/h1-7,9-10,14,16,21-22,24,33-34H,12-13,15H2,(H,29,35)(H2,28,30,31);1-9,14,16,21-22,24,33-34H,12-13,15H2,(H,29,35)(H2,28,30,31);1-3,6,9,14-15,17,28-29H,7,10H2,(H,24,30)(H3,23,25,26,31);1-5H;2*1-2H3;1H3;/t2*21-,22-,24-;14-,15-,17-;;;;;/m111...../s1. The number of nitrogens with two attached hydrogens (primary N) is 3. The molecular weight excluding hydrogens is 1720 g/mol. The normalized spacial score (nSPS) is 17.8. The monoisotopic (exact) mass is 1810 g/mol. The number of aromatic amines is 1. The van der Waals surface area contributed by atoms with Crippen LogP contribution in [0.4, 0.5) is 23.3 Å². The Morgan fingerprint density at radius 2 is 0.958 bits per heavy atom. The average Bonchev–Trinajstić information content (AvgIpc) is 1.62. The van der Waals surface area contributed by atoms with E-state index in [9.17, 15) is 54.6 Å². The number of para-hydroxylation sites is 1. The van der Waals surface area contributed by atoms with Crippen LogP contribution in [0.15, 0.2) is 200 Å². The molecule has 6 aromatic carbocycles. The second-order valence-electron chi connectivity index (χ2n) is 26.0. The molecule has 6 aromatic heterocycles. The molecule has 3 fully saturated rings. The molecule has 119 heavy (non-hydrogen) atoms. The number of hydrogen-bond donors (Lipinski definition) is 13. The van der Waals surface area contributed by atoms with Crippen molar-refractivity contribution in [3.8, 4) is 64.2 Å². The summed E-state index contributed by atoms with van der Waals surface area (Å²) in [6.07, 6.45) is 1.67. The summed E-state index contributed by atoms with van der Waals surface area (Å²) in [5.74, 6) is 16.2. The van der Waals surface area contributed by atoms with Gasteiger partial charge in [-0.3, -0.25) is 24.2 Å². The molecule has 15 rings (SSSR count). The Kier molecular flexibility index (Phi) is 32.1. The fraction of sp³-hybridized carbons (Fsp3) is 0.253. The minimum atomic E-state index is -0.897. The molecule has 0 unspecified atom stereocenters. The zero-order valence-corrected chi connectivity index (χ0v) is 68.5. The first-order chi connectivity index (χ1) is 57.8. The molecule has 612 valence electrons. The van der Waals surface area contributed by atoms with Gasteiger partial charge in [0.2, 0.25) is 5.95 Å². The van der Waals surface area contributed by atoms with E-state index in [2.05, 4.69) is 81.4 Å². The summed E-state index contributed by atoms with van der Waals surface area (Å²) >= 11 is -0.716. The van der Waals surface area contributed by atoms with E-state index in [1.165, 1.54) is 29.5 Å². The van der Waals surface area contributed by atoms with Gasteiger partial charge in [-0.25, -0.2) is 19.9 Å². The molecular formula is C87H88N16O15Po. The van der Waals surface area contributed by atoms with Crippen LogP contribution in [0.1, 0.15) is 109 Å². The zero-order chi connectivity index (χ0) is 85.1. The number of aliphatic hydroxyl groups excluding tert-OH is 6. The molecule has 3 amide bonds. The quantitative estimate of drug-likeness (QED) is 0.0415. The molecule has 3 aliphatic rings. The van der Waals surface area contributed by atoms with Gasteiger partial charge in [-0.15, -0.1) is 0 Å². The van der Waals surface area contributed by atoms with Gasteiger partial charge in [0.05, 0.1) is 82.6 Å². The van der Waals surface area contributed by atoms with Gasteiger partial charge in [0.25, 0.3) is 17.4 Å². The Labute approximate surface area is 696 Å². The Bertz CT molecular complexity index is 5790. The summed E-state index contributed by atoms with van der Waals surface area (Å²) in [4.78, 5) is 84.0. The predicted octanol–water partition coefficient (Wildman–Crippen LogP) is 7.54. The third-order valence-corrected chi connectivity index (χ3v) is 20.7. The molecule has 31 nitrogen and oxygen atoms in total. The maximum absolute atomic E-state index is 12.5. The van der Waals surface area contributed by atoms with Gasteiger partial charge in [0.15, 0.2) is 5.65 Å². The summed E-state index contributed by atoms with van der Waals surface area (Å²) in [6.45, 7) is 7.67. The van der Waals surface area contributed by atoms with E-state index in [4.69, 9.17) is 41.4 Å². The van der Waals surface area contributed by atoms with Crippen LogP contribution in [-0.4, -0.2) is 175 Å². The summed E-state index contributed by atoms with van der Waals surface area (Å²) in [6, 6.07) is 52.7. The molecule has 0 aliphatic carbocycles. The molecule has 0 spiro atoms. The topological polar surface area (TPSA) is 477 Å². The van der Waals surface area contributed by atoms with Crippen LogP contribution < -0.4 is 43.4 Å². The van der Waals surface area contributed by atoms with Crippen molar-refractivity contribution >= 4 is 101 Å². The number of H-pyrrole nitrogens is 1. The van der Waals surface area contributed by atoms with Crippen molar-refractivity contribution in [1.29, 1.82) is 5.26 Å². The van der Waals surface area contributed by atoms with E-state index in [0.717, 1.165) is 33.6 Å². The fourth-order valence-electron chi connectivity index (χ4n) is 12.6. The Balaban J connectivity index is 0.000000174. The molecule has 0 bridgehead atoms. The molecule has 9 heterocycles. The SMILES string of the molecule is CC.CC.N#Cc1cccc(NC(=O)C#Cc2cn([C@H]3C[C@@H](O)[C@@H](CO)O3)c3nc(N)[nH]c(=O)c23)c1.Nc1ncnc2c1c(C#CC(=O)NCc1ccc(-c3ccccc3)cc1)cn2[C@H]1C[C@@H](O)[C@@H](CO)O1.Nc1ncnc2c1c(C#CC(=O)NCc1ccc(Oc3ccccc3)cc1)cn2[C@H]1C[C@@H](O)[C@@H](CO)O1.[CH3][Po][C](=O)c1ccccc1. The summed E-state index contributed by atoms with van der Waals surface area (Å²) in [7, 11) is 0. The summed E-state index contributed by atoms with van der Waals surface area (Å²) in [5.41, 5.74) is 25.3. The van der Waals surface area contributed by atoms with Crippen molar-refractivity contribution in [1.82, 2.24) is 54.2 Å². The number of nitriles is 1. The van der Waals surface area contributed by atoms with Crippen LogP contribution in [0.25, 0.3) is 44.2 Å².